The third kappa shape index (κ3) is 3.10. The molecule has 1 aromatic rings. The molecule has 1 aliphatic rings. The lowest BCUT2D eigenvalue weighted by Crippen LogP contribution is -2.37. The number of anilines is 1. The Labute approximate surface area is 117 Å². The van der Waals surface area contributed by atoms with E-state index in [-0.39, 0.29) is 17.2 Å². The van der Waals surface area contributed by atoms with Gasteiger partial charge in [0.2, 0.25) is 5.91 Å². The highest BCUT2D eigenvalue weighted by Crippen LogP contribution is 2.40. The van der Waals surface area contributed by atoms with Crippen molar-refractivity contribution in [3.05, 3.63) is 22.8 Å². The zero-order valence-corrected chi connectivity index (χ0v) is 12.5. The predicted molar refractivity (Wildman–Crippen MR) is 76.3 cm³/mol. The summed E-state index contributed by atoms with van der Waals surface area (Å²) < 4.78 is 0.915. The predicted octanol–water partition coefficient (Wildman–Crippen LogP) is 4.00. The van der Waals surface area contributed by atoms with Gasteiger partial charge in [0.05, 0.1) is 0 Å². The molecular weight excluding hydrogens is 292 g/mol. The fourth-order valence-corrected chi connectivity index (χ4v) is 2.88. The highest BCUT2D eigenvalue weighted by molar-refractivity contribution is 9.10. The van der Waals surface area contributed by atoms with Crippen LogP contribution in [0.5, 0.6) is 0 Å². The molecule has 0 aromatic carbocycles. The number of aromatic nitrogens is 1. The molecule has 1 aliphatic carbocycles. The van der Waals surface area contributed by atoms with E-state index in [1.807, 2.05) is 12.1 Å². The van der Waals surface area contributed by atoms with Crippen LogP contribution in [-0.4, -0.2) is 10.9 Å². The molecule has 0 bridgehead atoms. The molecule has 4 heteroatoms. The summed E-state index contributed by atoms with van der Waals surface area (Å²) in [4.78, 5) is 16.5. The van der Waals surface area contributed by atoms with Crippen LogP contribution in [0.3, 0.4) is 0 Å². The van der Waals surface area contributed by atoms with Crippen LogP contribution in [-0.2, 0) is 4.79 Å². The van der Waals surface area contributed by atoms with Crippen molar-refractivity contribution in [1.82, 2.24) is 4.98 Å². The number of amides is 1. The van der Waals surface area contributed by atoms with Crippen LogP contribution in [0.2, 0.25) is 0 Å². The average molecular weight is 311 g/mol. The molecule has 0 spiro atoms. The maximum Gasteiger partial charge on any atom is 0.229 e. The first kappa shape index (κ1) is 13.5. The van der Waals surface area contributed by atoms with E-state index in [0.717, 1.165) is 23.7 Å². The smallest absolute Gasteiger partial charge is 0.229 e. The van der Waals surface area contributed by atoms with Gasteiger partial charge >= 0.3 is 0 Å². The molecule has 1 unspecified atom stereocenters. The van der Waals surface area contributed by atoms with Crippen molar-refractivity contribution < 1.29 is 4.79 Å². The summed E-state index contributed by atoms with van der Waals surface area (Å²) in [7, 11) is 0. The molecule has 1 aromatic heterocycles. The molecule has 2 rings (SSSR count). The van der Waals surface area contributed by atoms with E-state index in [0.29, 0.717) is 5.82 Å². The topological polar surface area (TPSA) is 42.0 Å². The number of halogens is 1. The average Bonchev–Trinajstić information content (AvgIpc) is 2.31. The summed E-state index contributed by atoms with van der Waals surface area (Å²) >= 11 is 3.33. The number of hydrogen-bond donors (Lipinski definition) is 1. The third-order valence-electron chi connectivity index (χ3n) is 3.80. The summed E-state index contributed by atoms with van der Waals surface area (Å²) in [5, 5.41) is 2.92. The number of nitrogens with one attached hydrogen (secondary N) is 1. The lowest BCUT2D eigenvalue weighted by Gasteiger charge is -2.37. The van der Waals surface area contributed by atoms with Gasteiger partial charge in [-0.2, -0.15) is 0 Å². The Morgan fingerprint density at radius 2 is 2.22 bits per heavy atom. The summed E-state index contributed by atoms with van der Waals surface area (Å²) in [5.41, 5.74) is 0.0949. The first-order chi connectivity index (χ1) is 8.49. The lowest BCUT2D eigenvalue weighted by molar-refractivity contribution is -0.124. The van der Waals surface area contributed by atoms with Crippen molar-refractivity contribution in [1.29, 1.82) is 0 Å². The maximum absolute atomic E-state index is 12.3. The van der Waals surface area contributed by atoms with E-state index in [1.165, 1.54) is 6.42 Å². The van der Waals surface area contributed by atoms with E-state index in [1.54, 1.807) is 6.20 Å². The Morgan fingerprint density at radius 1 is 1.44 bits per heavy atom. The van der Waals surface area contributed by atoms with Gasteiger partial charge in [-0.25, -0.2) is 4.98 Å². The monoisotopic (exact) mass is 310 g/mol. The largest absolute Gasteiger partial charge is 0.310 e. The van der Waals surface area contributed by atoms with Gasteiger partial charge in [0.1, 0.15) is 5.82 Å². The van der Waals surface area contributed by atoms with Gasteiger partial charge < -0.3 is 5.32 Å². The molecule has 0 aliphatic heterocycles. The van der Waals surface area contributed by atoms with Gasteiger partial charge in [0.25, 0.3) is 0 Å². The van der Waals surface area contributed by atoms with Crippen LogP contribution in [0.4, 0.5) is 5.82 Å². The van der Waals surface area contributed by atoms with Gasteiger partial charge in [0, 0.05) is 16.6 Å². The SMILES string of the molecule is CC1(C)CCCCC1C(=O)Nc1ccc(Br)cn1. The van der Waals surface area contributed by atoms with Crippen molar-refractivity contribution in [3.63, 3.8) is 0 Å². The van der Waals surface area contributed by atoms with Crippen LogP contribution >= 0.6 is 15.9 Å². The fraction of sp³-hybridized carbons (Fsp3) is 0.571. The minimum absolute atomic E-state index is 0.0942. The molecule has 0 saturated heterocycles. The standard InChI is InChI=1S/C14H19BrN2O/c1-14(2)8-4-3-5-11(14)13(18)17-12-7-6-10(15)9-16-12/h6-7,9,11H,3-5,8H2,1-2H3,(H,16,17,18). The number of carbonyl (C=O) groups is 1. The number of nitrogens with zero attached hydrogens (tertiary/aromatic N) is 1. The zero-order valence-electron chi connectivity index (χ0n) is 10.9. The van der Waals surface area contributed by atoms with Crippen molar-refractivity contribution in [2.75, 3.05) is 5.32 Å². The lowest BCUT2D eigenvalue weighted by atomic mass is 9.68. The number of rotatable bonds is 2. The second kappa shape index (κ2) is 5.39. The molecule has 1 atom stereocenters. The Hall–Kier alpha value is -0.900. The summed E-state index contributed by atoms with van der Waals surface area (Å²) in [6.45, 7) is 4.37. The molecular formula is C14H19BrN2O. The Balaban J connectivity index is 2.05. The second-order valence-electron chi connectivity index (χ2n) is 5.64. The highest BCUT2D eigenvalue weighted by atomic mass is 79.9. The Kier molecular flexibility index (Phi) is 4.05. The minimum atomic E-state index is 0.0942. The molecule has 1 saturated carbocycles. The Morgan fingerprint density at radius 3 is 2.83 bits per heavy atom. The number of hydrogen-bond acceptors (Lipinski definition) is 2. The van der Waals surface area contributed by atoms with Gasteiger partial charge in [-0.1, -0.05) is 26.7 Å². The molecule has 18 heavy (non-hydrogen) atoms. The molecule has 1 amide bonds. The van der Waals surface area contributed by atoms with Crippen molar-refractivity contribution >= 4 is 27.7 Å². The molecule has 1 heterocycles. The van der Waals surface area contributed by atoms with Crippen molar-refractivity contribution in [2.24, 2.45) is 11.3 Å². The van der Waals surface area contributed by atoms with Gasteiger partial charge in [0.15, 0.2) is 0 Å². The molecule has 0 radical (unpaired) electrons. The molecule has 3 nitrogen and oxygen atoms in total. The zero-order chi connectivity index (χ0) is 13.2. The van der Waals surface area contributed by atoms with Gasteiger partial charge in [-0.15, -0.1) is 0 Å². The van der Waals surface area contributed by atoms with E-state index in [2.05, 4.69) is 40.1 Å². The van der Waals surface area contributed by atoms with Crippen molar-refractivity contribution in [3.8, 4) is 0 Å². The summed E-state index contributed by atoms with van der Waals surface area (Å²) in [5.74, 6) is 0.829. The minimum Gasteiger partial charge on any atom is -0.310 e. The molecule has 1 N–H and O–H groups in total. The van der Waals surface area contributed by atoms with E-state index in [4.69, 9.17) is 0 Å². The maximum atomic E-state index is 12.3. The van der Waals surface area contributed by atoms with Gasteiger partial charge in [-0.3, -0.25) is 4.79 Å². The van der Waals surface area contributed by atoms with Crippen LogP contribution in [0.1, 0.15) is 39.5 Å². The van der Waals surface area contributed by atoms with Crippen molar-refractivity contribution in [2.45, 2.75) is 39.5 Å². The first-order valence-corrected chi connectivity index (χ1v) is 7.21. The fourth-order valence-electron chi connectivity index (χ4n) is 2.64. The first-order valence-electron chi connectivity index (χ1n) is 6.41. The van der Waals surface area contributed by atoms with Crippen LogP contribution in [0.25, 0.3) is 0 Å². The summed E-state index contributed by atoms with van der Waals surface area (Å²) in [6.07, 6.45) is 6.18. The van der Waals surface area contributed by atoms with Crippen LogP contribution in [0, 0.1) is 11.3 Å². The molecule has 1 fully saturated rings. The summed E-state index contributed by atoms with van der Waals surface area (Å²) in [6, 6.07) is 3.70. The number of pyridine rings is 1. The van der Waals surface area contributed by atoms with E-state index >= 15 is 0 Å². The Bertz CT molecular complexity index is 428. The van der Waals surface area contributed by atoms with Gasteiger partial charge in [-0.05, 0) is 46.3 Å². The van der Waals surface area contributed by atoms with Crippen LogP contribution < -0.4 is 5.32 Å². The third-order valence-corrected chi connectivity index (χ3v) is 4.27. The second-order valence-corrected chi connectivity index (χ2v) is 6.55. The normalized spacial score (nSPS) is 22.5. The number of carbonyl (C=O) groups excluding carboxylic acids is 1. The van der Waals surface area contributed by atoms with E-state index < -0.39 is 0 Å². The quantitative estimate of drug-likeness (QED) is 0.897. The van der Waals surface area contributed by atoms with E-state index in [9.17, 15) is 4.79 Å². The molecule has 98 valence electrons. The highest BCUT2D eigenvalue weighted by Gasteiger charge is 2.37. The van der Waals surface area contributed by atoms with Crippen LogP contribution in [0.15, 0.2) is 22.8 Å².